The van der Waals surface area contributed by atoms with Crippen LogP contribution in [0.25, 0.3) is 6.08 Å². The molecule has 0 bridgehead atoms. The van der Waals surface area contributed by atoms with Gasteiger partial charge in [0.1, 0.15) is 0 Å². The number of allylic oxidation sites excluding steroid dienone is 1. The molecule has 0 radical (unpaired) electrons. The highest BCUT2D eigenvalue weighted by atomic mass is 16.5. The summed E-state index contributed by atoms with van der Waals surface area (Å²) in [7, 11) is 5.96. The molecule has 0 spiro atoms. The van der Waals surface area contributed by atoms with E-state index in [-0.39, 0.29) is 17.2 Å². The second-order valence-corrected chi connectivity index (χ2v) is 4.99. The lowest BCUT2D eigenvalue weighted by atomic mass is 10.1. The molecule has 5 heteroatoms. The van der Waals surface area contributed by atoms with Crippen molar-refractivity contribution in [3.8, 4) is 28.7 Å². The highest BCUT2D eigenvalue weighted by Crippen LogP contribution is 2.53. The third-order valence-corrected chi connectivity index (χ3v) is 3.63. The zero-order chi connectivity index (χ0) is 17.5. The lowest BCUT2D eigenvalue weighted by Gasteiger charge is -2.19. The Labute approximate surface area is 142 Å². The van der Waals surface area contributed by atoms with Crippen molar-refractivity contribution >= 4 is 6.08 Å². The van der Waals surface area contributed by atoms with E-state index in [0.29, 0.717) is 17.1 Å². The number of hydrogen-bond acceptors (Lipinski definition) is 5. The van der Waals surface area contributed by atoms with Crippen LogP contribution in [0.4, 0.5) is 0 Å². The number of aromatic hydroxyl groups is 1. The van der Waals surface area contributed by atoms with Crippen molar-refractivity contribution in [1.82, 2.24) is 0 Å². The largest absolute Gasteiger partial charge is 0.504 e. The minimum atomic E-state index is -0.0590. The van der Waals surface area contributed by atoms with E-state index in [4.69, 9.17) is 18.9 Å². The van der Waals surface area contributed by atoms with Crippen molar-refractivity contribution in [2.75, 3.05) is 28.4 Å². The summed E-state index contributed by atoms with van der Waals surface area (Å²) >= 11 is 0. The molecule has 128 valence electrons. The minimum Gasteiger partial charge on any atom is -0.504 e. The third kappa shape index (κ3) is 3.40. The first-order valence-electron chi connectivity index (χ1n) is 7.47. The Morgan fingerprint density at radius 3 is 1.88 bits per heavy atom. The Kier molecular flexibility index (Phi) is 5.95. The topological polar surface area (TPSA) is 57.2 Å². The summed E-state index contributed by atoms with van der Waals surface area (Å²) in [5, 5.41) is 10.5. The molecule has 0 unspecified atom stereocenters. The third-order valence-electron chi connectivity index (χ3n) is 3.63. The van der Waals surface area contributed by atoms with Crippen LogP contribution in [-0.4, -0.2) is 33.5 Å². The maximum atomic E-state index is 10.5. The van der Waals surface area contributed by atoms with Gasteiger partial charge < -0.3 is 24.1 Å². The zero-order valence-corrected chi connectivity index (χ0v) is 14.3. The molecule has 0 heterocycles. The average molecular weight is 330 g/mol. The Balaban J connectivity index is 2.48. The fraction of sp³-hybridized carbons (Fsp3) is 0.263. The van der Waals surface area contributed by atoms with Crippen LogP contribution in [0.5, 0.6) is 28.7 Å². The Bertz CT molecular complexity index is 708. The zero-order valence-electron chi connectivity index (χ0n) is 14.3. The molecule has 0 amide bonds. The maximum Gasteiger partial charge on any atom is 0.211 e. The average Bonchev–Trinajstić information content (AvgIpc) is 2.62. The Morgan fingerprint density at radius 2 is 1.33 bits per heavy atom. The molecule has 2 aromatic carbocycles. The van der Waals surface area contributed by atoms with Crippen LogP contribution in [0, 0.1) is 0 Å². The van der Waals surface area contributed by atoms with Gasteiger partial charge in [-0.3, -0.25) is 0 Å². The van der Waals surface area contributed by atoms with Gasteiger partial charge >= 0.3 is 0 Å². The van der Waals surface area contributed by atoms with E-state index in [1.807, 2.05) is 36.4 Å². The van der Waals surface area contributed by atoms with E-state index in [2.05, 4.69) is 0 Å². The van der Waals surface area contributed by atoms with Gasteiger partial charge in [0.25, 0.3) is 0 Å². The smallest absolute Gasteiger partial charge is 0.211 e. The number of hydrogen-bond donors (Lipinski definition) is 1. The molecular weight excluding hydrogens is 308 g/mol. The number of phenolic OH excluding ortho intramolecular Hbond substituents is 1. The second kappa shape index (κ2) is 8.15. The van der Waals surface area contributed by atoms with Crippen LogP contribution in [0.1, 0.15) is 11.1 Å². The van der Waals surface area contributed by atoms with Crippen molar-refractivity contribution in [3.05, 3.63) is 47.5 Å². The number of benzene rings is 2. The van der Waals surface area contributed by atoms with Gasteiger partial charge in [-0.1, -0.05) is 42.5 Å². The molecule has 1 N–H and O–H groups in total. The molecule has 0 atom stereocenters. The molecule has 0 aliphatic heterocycles. The van der Waals surface area contributed by atoms with Crippen LogP contribution < -0.4 is 18.9 Å². The quantitative estimate of drug-likeness (QED) is 0.839. The van der Waals surface area contributed by atoms with E-state index >= 15 is 0 Å². The first-order chi connectivity index (χ1) is 11.7. The highest BCUT2D eigenvalue weighted by Gasteiger charge is 2.26. The van der Waals surface area contributed by atoms with Crippen molar-refractivity contribution in [2.24, 2.45) is 0 Å². The van der Waals surface area contributed by atoms with Crippen LogP contribution in [-0.2, 0) is 6.42 Å². The fourth-order valence-electron chi connectivity index (χ4n) is 2.51. The predicted molar refractivity (Wildman–Crippen MR) is 93.5 cm³/mol. The summed E-state index contributed by atoms with van der Waals surface area (Å²) in [5.41, 5.74) is 1.64. The lowest BCUT2D eigenvalue weighted by molar-refractivity contribution is 0.293. The van der Waals surface area contributed by atoms with E-state index in [0.717, 1.165) is 6.42 Å². The van der Waals surface area contributed by atoms with Crippen LogP contribution in [0.15, 0.2) is 36.4 Å². The summed E-state index contributed by atoms with van der Waals surface area (Å²) in [4.78, 5) is 0. The van der Waals surface area contributed by atoms with Gasteiger partial charge in [-0.15, -0.1) is 0 Å². The van der Waals surface area contributed by atoms with Gasteiger partial charge in [0.05, 0.1) is 34.0 Å². The molecule has 2 rings (SSSR count). The monoisotopic (exact) mass is 330 g/mol. The number of ether oxygens (including phenoxy) is 4. The number of rotatable bonds is 7. The standard InChI is InChI=1S/C19H22O5/c1-21-16-14(12-8-11-13-9-6-5-7-10-13)15(20)17(22-2)19(24-4)18(16)23-3/h5-10,12,20H,11H2,1-4H3/b12-8+. The Morgan fingerprint density at radius 1 is 0.792 bits per heavy atom. The molecule has 24 heavy (non-hydrogen) atoms. The molecule has 0 aliphatic carbocycles. The van der Waals surface area contributed by atoms with Gasteiger partial charge in [-0.25, -0.2) is 0 Å². The van der Waals surface area contributed by atoms with Crippen LogP contribution in [0.3, 0.4) is 0 Å². The summed E-state index contributed by atoms with van der Waals surface area (Å²) in [5.74, 6) is 1.19. The van der Waals surface area contributed by atoms with Gasteiger partial charge in [0, 0.05) is 0 Å². The normalized spacial score (nSPS) is 10.7. The van der Waals surface area contributed by atoms with Crippen molar-refractivity contribution in [1.29, 1.82) is 0 Å². The predicted octanol–water partition coefficient (Wildman–Crippen LogP) is 3.68. The van der Waals surface area contributed by atoms with Gasteiger partial charge in [-0.05, 0) is 12.0 Å². The molecular formula is C19H22O5. The van der Waals surface area contributed by atoms with Gasteiger partial charge in [0.15, 0.2) is 11.5 Å². The van der Waals surface area contributed by atoms with Crippen LogP contribution >= 0.6 is 0 Å². The number of methoxy groups -OCH3 is 4. The molecule has 0 fully saturated rings. The van der Waals surface area contributed by atoms with Crippen molar-refractivity contribution in [2.45, 2.75) is 6.42 Å². The molecule has 0 saturated carbocycles. The summed E-state index contributed by atoms with van der Waals surface area (Å²) < 4.78 is 21.4. The minimum absolute atomic E-state index is 0.0590. The molecule has 0 aliphatic rings. The maximum absolute atomic E-state index is 10.5. The first-order valence-corrected chi connectivity index (χ1v) is 7.47. The fourth-order valence-corrected chi connectivity index (χ4v) is 2.51. The molecule has 0 saturated heterocycles. The summed E-state index contributed by atoms with van der Waals surface area (Å²) in [6.45, 7) is 0. The molecule has 5 nitrogen and oxygen atoms in total. The molecule has 2 aromatic rings. The molecule has 0 aromatic heterocycles. The first kappa shape index (κ1) is 17.5. The highest BCUT2D eigenvalue weighted by molar-refractivity contribution is 5.77. The van der Waals surface area contributed by atoms with Gasteiger partial charge in [-0.2, -0.15) is 0 Å². The van der Waals surface area contributed by atoms with E-state index < -0.39 is 0 Å². The van der Waals surface area contributed by atoms with Crippen molar-refractivity contribution in [3.63, 3.8) is 0 Å². The summed E-state index contributed by atoms with van der Waals surface area (Å²) in [6, 6.07) is 10.0. The van der Waals surface area contributed by atoms with E-state index in [1.54, 1.807) is 6.08 Å². The van der Waals surface area contributed by atoms with E-state index in [1.165, 1.54) is 34.0 Å². The van der Waals surface area contributed by atoms with Gasteiger partial charge in [0.2, 0.25) is 17.2 Å². The van der Waals surface area contributed by atoms with Crippen molar-refractivity contribution < 1.29 is 24.1 Å². The summed E-state index contributed by atoms with van der Waals surface area (Å²) in [6.07, 6.45) is 4.45. The van der Waals surface area contributed by atoms with E-state index in [9.17, 15) is 5.11 Å². The SMILES string of the molecule is COc1c(O)c(/C=C/Cc2ccccc2)c(OC)c(OC)c1OC. The lowest BCUT2D eigenvalue weighted by Crippen LogP contribution is -2.00. The second-order valence-electron chi connectivity index (χ2n) is 4.99. The Hall–Kier alpha value is -2.82. The van der Waals surface area contributed by atoms with Crippen LogP contribution in [0.2, 0.25) is 0 Å². The number of phenols is 1.